The Hall–Kier alpha value is -1.77. The fraction of sp³-hybridized carbons (Fsp3) is 0.471. The number of nitrogens with one attached hydrogen (secondary N) is 1. The molecule has 0 radical (unpaired) electrons. The SMILES string of the molecule is Cc1onc(NCc2c(C)c(C)c(C)c(C)c2C)c1C. The summed E-state index contributed by atoms with van der Waals surface area (Å²) < 4.78 is 5.20. The maximum Gasteiger partial charge on any atom is 0.172 e. The number of hydrogen-bond donors (Lipinski definition) is 1. The molecule has 0 aliphatic heterocycles. The molecule has 0 unspecified atom stereocenters. The van der Waals surface area contributed by atoms with E-state index in [0.29, 0.717) is 0 Å². The molecule has 108 valence electrons. The quantitative estimate of drug-likeness (QED) is 0.897. The number of hydrogen-bond acceptors (Lipinski definition) is 3. The van der Waals surface area contributed by atoms with Crippen molar-refractivity contribution in [3.63, 3.8) is 0 Å². The third-order valence-corrected chi connectivity index (χ3v) is 4.75. The smallest absolute Gasteiger partial charge is 0.172 e. The van der Waals surface area contributed by atoms with Crippen LogP contribution in [0, 0.1) is 48.5 Å². The molecule has 1 heterocycles. The van der Waals surface area contributed by atoms with Crippen molar-refractivity contribution in [1.29, 1.82) is 0 Å². The number of anilines is 1. The molecular weight excluding hydrogens is 248 g/mol. The second-order valence-corrected chi connectivity index (χ2v) is 5.67. The molecule has 1 aromatic heterocycles. The van der Waals surface area contributed by atoms with Gasteiger partial charge in [0.2, 0.25) is 0 Å². The van der Waals surface area contributed by atoms with Crippen molar-refractivity contribution in [2.45, 2.75) is 55.0 Å². The number of aryl methyl sites for hydroxylation is 1. The highest BCUT2D eigenvalue weighted by Crippen LogP contribution is 2.27. The van der Waals surface area contributed by atoms with Gasteiger partial charge in [0.1, 0.15) is 5.76 Å². The van der Waals surface area contributed by atoms with E-state index >= 15 is 0 Å². The van der Waals surface area contributed by atoms with Crippen molar-refractivity contribution in [1.82, 2.24) is 5.16 Å². The molecule has 2 rings (SSSR count). The minimum Gasteiger partial charge on any atom is -0.363 e. The van der Waals surface area contributed by atoms with Gasteiger partial charge in [0, 0.05) is 12.1 Å². The zero-order valence-electron chi connectivity index (χ0n) is 13.6. The first kappa shape index (κ1) is 14.6. The Labute approximate surface area is 121 Å². The van der Waals surface area contributed by atoms with Crippen LogP contribution in [0.15, 0.2) is 4.52 Å². The molecule has 0 spiro atoms. The van der Waals surface area contributed by atoms with Crippen LogP contribution in [0.3, 0.4) is 0 Å². The van der Waals surface area contributed by atoms with Crippen molar-refractivity contribution in [3.8, 4) is 0 Å². The Morgan fingerprint density at radius 1 is 0.750 bits per heavy atom. The first-order valence-electron chi connectivity index (χ1n) is 7.07. The Bertz CT molecular complexity index is 624. The molecule has 2 aromatic rings. The largest absolute Gasteiger partial charge is 0.363 e. The van der Waals surface area contributed by atoms with Crippen LogP contribution < -0.4 is 5.32 Å². The first-order valence-corrected chi connectivity index (χ1v) is 7.07. The summed E-state index contributed by atoms with van der Waals surface area (Å²) in [7, 11) is 0. The van der Waals surface area contributed by atoms with Gasteiger partial charge in [0.05, 0.1) is 0 Å². The van der Waals surface area contributed by atoms with E-state index in [1.807, 2.05) is 13.8 Å². The predicted molar refractivity (Wildman–Crippen MR) is 83.4 cm³/mol. The van der Waals surface area contributed by atoms with Crippen LogP contribution in [0.1, 0.15) is 44.7 Å². The summed E-state index contributed by atoms with van der Waals surface area (Å²) in [5.74, 6) is 1.72. The van der Waals surface area contributed by atoms with Crippen molar-refractivity contribution < 1.29 is 4.52 Å². The van der Waals surface area contributed by atoms with Gasteiger partial charge >= 0.3 is 0 Å². The van der Waals surface area contributed by atoms with Crippen molar-refractivity contribution >= 4 is 5.82 Å². The summed E-state index contributed by atoms with van der Waals surface area (Å²) in [4.78, 5) is 0. The maximum atomic E-state index is 5.20. The van der Waals surface area contributed by atoms with E-state index in [9.17, 15) is 0 Å². The molecule has 0 fully saturated rings. The lowest BCUT2D eigenvalue weighted by Crippen LogP contribution is -2.08. The molecule has 1 aromatic carbocycles. The highest BCUT2D eigenvalue weighted by atomic mass is 16.5. The average molecular weight is 272 g/mol. The number of nitrogens with zero attached hydrogens (tertiary/aromatic N) is 1. The fourth-order valence-electron chi connectivity index (χ4n) is 2.60. The number of benzene rings is 1. The van der Waals surface area contributed by atoms with E-state index < -0.39 is 0 Å². The van der Waals surface area contributed by atoms with Crippen LogP contribution in [0.4, 0.5) is 5.82 Å². The summed E-state index contributed by atoms with van der Waals surface area (Å²) >= 11 is 0. The van der Waals surface area contributed by atoms with E-state index in [-0.39, 0.29) is 0 Å². The highest BCUT2D eigenvalue weighted by molar-refractivity contribution is 5.52. The summed E-state index contributed by atoms with van der Waals surface area (Å²) in [5, 5.41) is 7.47. The predicted octanol–water partition coefficient (Wildman–Crippen LogP) is 4.45. The van der Waals surface area contributed by atoms with E-state index in [1.165, 1.54) is 33.4 Å². The van der Waals surface area contributed by atoms with Crippen LogP contribution in [0.2, 0.25) is 0 Å². The second-order valence-electron chi connectivity index (χ2n) is 5.67. The second kappa shape index (κ2) is 5.31. The zero-order chi connectivity index (χ0) is 15.0. The molecule has 0 aliphatic carbocycles. The fourth-order valence-corrected chi connectivity index (χ4v) is 2.60. The molecular formula is C17H24N2O. The summed E-state index contributed by atoms with van der Waals surface area (Å²) in [6.07, 6.45) is 0. The van der Waals surface area contributed by atoms with Gasteiger partial charge in [0.25, 0.3) is 0 Å². The van der Waals surface area contributed by atoms with Crippen LogP contribution in [0.25, 0.3) is 0 Å². The normalized spacial score (nSPS) is 10.9. The van der Waals surface area contributed by atoms with Gasteiger partial charge in [-0.05, 0) is 81.8 Å². The van der Waals surface area contributed by atoms with Gasteiger partial charge in [-0.2, -0.15) is 0 Å². The van der Waals surface area contributed by atoms with Crippen molar-refractivity contribution in [3.05, 3.63) is 44.7 Å². The Kier molecular flexibility index (Phi) is 3.89. The van der Waals surface area contributed by atoms with E-state index in [0.717, 1.165) is 23.7 Å². The van der Waals surface area contributed by atoms with Gasteiger partial charge in [-0.15, -0.1) is 0 Å². The van der Waals surface area contributed by atoms with Crippen LogP contribution in [-0.2, 0) is 6.54 Å². The van der Waals surface area contributed by atoms with Crippen molar-refractivity contribution in [2.75, 3.05) is 5.32 Å². The van der Waals surface area contributed by atoms with Gasteiger partial charge < -0.3 is 9.84 Å². The maximum absolute atomic E-state index is 5.20. The summed E-state index contributed by atoms with van der Waals surface area (Å²) in [6, 6.07) is 0. The van der Waals surface area contributed by atoms with Crippen molar-refractivity contribution in [2.24, 2.45) is 0 Å². The number of aromatic nitrogens is 1. The first-order chi connectivity index (χ1) is 9.34. The Balaban J connectivity index is 2.33. The third-order valence-electron chi connectivity index (χ3n) is 4.75. The van der Waals surface area contributed by atoms with Gasteiger partial charge in [-0.3, -0.25) is 0 Å². The van der Waals surface area contributed by atoms with E-state index in [1.54, 1.807) is 0 Å². The minimum atomic E-state index is 0.784. The highest BCUT2D eigenvalue weighted by Gasteiger charge is 2.13. The average Bonchev–Trinajstić information content (AvgIpc) is 2.75. The van der Waals surface area contributed by atoms with E-state index in [2.05, 4.69) is 45.1 Å². The molecule has 0 amide bonds. The van der Waals surface area contributed by atoms with Gasteiger partial charge in [0.15, 0.2) is 5.82 Å². The summed E-state index contributed by atoms with van der Waals surface area (Å²) in [6.45, 7) is 15.8. The molecule has 3 nitrogen and oxygen atoms in total. The van der Waals surface area contributed by atoms with Gasteiger partial charge in [-0.1, -0.05) is 5.16 Å². The molecule has 0 saturated carbocycles. The van der Waals surface area contributed by atoms with E-state index in [4.69, 9.17) is 4.52 Å². The molecule has 0 bridgehead atoms. The molecule has 0 atom stereocenters. The lowest BCUT2D eigenvalue weighted by atomic mass is 9.89. The Morgan fingerprint density at radius 3 is 1.70 bits per heavy atom. The van der Waals surface area contributed by atoms with Crippen LogP contribution in [0.5, 0.6) is 0 Å². The van der Waals surface area contributed by atoms with Crippen LogP contribution >= 0.6 is 0 Å². The lowest BCUT2D eigenvalue weighted by molar-refractivity contribution is 0.398. The lowest BCUT2D eigenvalue weighted by Gasteiger charge is -2.19. The molecule has 20 heavy (non-hydrogen) atoms. The number of rotatable bonds is 3. The van der Waals surface area contributed by atoms with Gasteiger partial charge in [-0.25, -0.2) is 0 Å². The topological polar surface area (TPSA) is 38.1 Å². The standard InChI is InChI=1S/C17H24N2O/c1-9-10(2)12(4)16(13(5)11(9)3)8-18-17-14(6)15(7)20-19-17/h8H2,1-7H3,(H,18,19). The molecule has 0 aliphatic rings. The summed E-state index contributed by atoms with van der Waals surface area (Å²) in [5.41, 5.74) is 9.37. The molecule has 0 saturated heterocycles. The zero-order valence-corrected chi connectivity index (χ0v) is 13.6. The molecule has 3 heteroatoms. The monoisotopic (exact) mass is 272 g/mol. The minimum absolute atomic E-state index is 0.784. The Morgan fingerprint density at radius 2 is 1.25 bits per heavy atom. The molecule has 1 N–H and O–H groups in total. The third kappa shape index (κ3) is 2.33. The van der Waals surface area contributed by atoms with Crippen LogP contribution in [-0.4, -0.2) is 5.16 Å².